The van der Waals surface area contributed by atoms with E-state index in [4.69, 9.17) is 9.47 Å². The Hall–Kier alpha value is 0.110. The van der Waals surface area contributed by atoms with Crippen LogP contribution in [0.2, 0.25) is 0 Å². The topological polar surface area (TPSA) is 99.4 Å². The lowest BCUT2D eigenvalue weighted by atomic mass is 10.0. The SMILES string of the molecule is OC[C@H]1O[C@@H](SC2CCC(OC3CCCC3)C2)[C@H](O)[C@@H](O)[C@H]1O. The molecule has 0 radical (unpaired) electrons. The van der Waals surface area contributed by atoms with Gasteiger partial charge in [0, 0.05) is 5.25 Å². The van der Waals surface area contributed by atoms with Crippen molar-refractivity contribution >= 4 is 11.8 Å². The van der Waals surface area contributed by atoms with Gasteiger partial charge in [0.1, 0.15) is 29.9 Å². The smallest absolute Gasteiger partial charge is 0.132 e. The molecule has 0 spiro atoms. The standard InChI is InChI=1S/C16H28O6S/c17-8-12-13(18)14(19)15(20)16(22-12)23-11-6-5-10(7-11)21-9-3-1-2-4-9/h9-20H,1-8H2/t10?,11?,12-,13+,14+,15-,16+/m1/s1. The molecular formula is C16H28O6S. The fourth-order valence-electron chi connectivity index (χ4n) is 3.81. The van der Waals surface area contributed by atoms with Crippen molar-refractivity contribution in [2.75, 3.05) is 6.61 Å². The van der Waals surface area contributed by atoms with Crippen molar-refractivity contribution in [1.29, 1.82) is 0 Å². The molecule has 0 amide bonds. The largest absolute Gasteiger partial charge is 0.394 e. The first kappa shape index (κ1) is 17.9. The number of rotatable bonds is 5. The minimum Gasteiger partial charge on any atom is -0.394 e. The lowest BCUT2D eigenvalue weighted by Gasteiger charge is -2.40. The molecule has 2 unspecified atom stereocenters. The van der Waals surface area contributed by atoms with Gasteiger partial charge in [0.15, 0.2) is 0 Å². The van der Waals surface area contributed by atoms with E-state index in [1.807, 2.05) is 0 Å². The summed E-state index contributed by atoms with van der Waals surface area (Å²) in [6.45, 7) is -0.375. The molecule has 1 heterocycles. The van der Waals surface area contributed by atoms with Crippen molar-refractivity contribution in [1.82, 2.24) is 0 Å². The quantitative estimate of drug-likeness (QED) is 0.571. The summed E-state index contributed by atoms with van der Waals surface area (Å²) in [6, 6.07) is 0. The summed E-state index contributed by atoms with van der Waals surface area (Å²) >= 11 is 1.49. The van der Waals surface area contributed by atoms with E-state index in [9.17, 15) is 20.4 Å². The predicted molar refractivity (Wildman–Crippen MR) is 86.1 cm³/mol. The van der Waals surface area contributed by atoms with Crippen molar-refractivity contribution in [3.63, 3.8) is 0 Å². The van der Waals surface area contributed by atoms with Crippen LogP contribution in [0.3, 0.4) is 0 Å². The van der Waals surface area contributed by atoms with Crippen LogP contribution in [0.15, 0.2) is 0 Å². The van der Waals surface area contributed by atoms with Crippen LogP contribution in [0, 0.1) is 0 Å². The monoisotopic (exact) mass is 348 g/mol. The molecule has 0 bridgehead atoms. The molecular weight excluding hydrogens is 320 g/mol. The van der Waals surface area contributed by atoms with Crippen molar-refractivity contribution in [2.24, 2.45) is 0 Å². The summed E-state index contributed by atoms with van der Waals surface area (Å²) in [5, 5.41) is 39.3. The molecule has 134 valence electrons. The van der Waals surface area contributed by atoms with Gasteiger partial charge in [0.25, 0.3) is 0 Å². The third kappa shape index (κ3) is 4.21. The highest BCUT2D eigenvalue weighted by Gasteiger charge is 2.45. The lowest BCUT2D eigenvalue weighted by Crippen LogP contribution is -2.57. The highest BCUT2D eigenvalue weighted by molar-refractivity contribution is 8.00. The molecule has 7 heteroatoms. The Balaban J connectivity index is 1.48. The van der Waals surface area contributed by atoms with Gasteiger partial charge in [0.05, 0.1) is 18.8 Å². The Morgan fingerprint density at radius 2 is 1.65 bits per heavy atom. The summed E-state index contributed by atoms with van der Waals surface area (Å²) in [7, 11) is 0. The van der Waals surface area contributed by atoms with E-state index in [2.05, 4.69) is 0 Å². The fraction of sp³-hybridized carbons (Fsp3) is 1.00. The van der Waals surface area contributed by atoms with Crippen molar-refractivity contribution in [2.45, 2.75) is 92.3 Å². The molecule has 7 atom stereocenters. The molecule has 0 aromatic rings. The highest BCUT2D eigenvalue weighted by atomic mass is 32.2. The van der Waals surface area contributed by atoms with Gasteiger partial charge in [-0.15, -0.1) is 11.8 Å². The number of hydrogen-bond acceptors (Lipinski definition) is 7. The molecule has 2 aliphatic carbocycles. The third-order valence-electron chi connectivity index (χ3n) is 5.20. The highest BCUT2D eigenvalue weighted by Crippen LogP contribution is 2.39. The van der Waals surface area contributed by atoms with Gasteiger partial charge >= 0.3 is 0 Å². The van der Waals surface area contributed by atoms with Crippen LogP contribution in [0.25, 0.3) is 0 Å². The lowest BCUT2D eigenvalue weighted by molar-refractivity contribution is -0.205. The molecule has 1 aliphatic heterocycles. The summed E-state index contributed by atoms with van der Waals surface area (Å²) < 4.78 is 11.7. The number of aliphatic hydroxyl groups excluding tert-OH is 4. The van der Waals surface area contributed by atoms with Gasteiger partial charge in [0.2, 0.25) is 0 Å². The van der Waals surface area contributed by atoms with Crippen LogP contribution >= 0.6 is 11.8 Å². The second kappa shape index (κ2) is 7.99. The van der Waals surface area contributed by atoms with E-state index >= 15 is 0 Å². The van der Waals surface area contributed by atoms with Crippen molar-refractivity contribution < 1.29 is 29.9 Å². The molecule has 3 fully saturated rings. The summed E-state index contributed by atoms with van der Waals surface area (Å²) in [5.74, 6) is 0. The zero-order valence-electron chi connectivity index (χ0n) is 13.3. The second-order valence-electron chi connectivity index (χ2n) is 6.93. The summed E-state index contributed by atoms with van der Waals surface area (Å²) in [5.41, 5.74) is -0.624. The Morgan fingerprint density at radius 1 is 0.913 bits per heavy atom. The molecule has 3 aliphatic rings. The predicted octanol–water partition coefficient (Wildman–Crippen LogP) is 0.400. The minimum atomic E-state index is -1.29. The molecule has 1 saturated heterocycles. The first-order valence-electron chi connectivity index (χ1n) is 8.70. The fourth-order valence-corrected chi connectivity index (χ4v) is 5.32. The molecule has 6 nitrogen and oxygen atoms in total. The maximum absolute atomic E-state index is 10.1. The number of ether oxygens (including phenoxy) is 2. The maximum atomic E-state index is 10.1. The third-order valence-corrected chi connectivity index (χ3v) is 6.67. The van der Waals surface area contributed by atoms with Gasteiger partial charge < -0.3 is 29.9 Å². The number of thioether (sulfide) groups is 1. The zero-order valence-corrected chi connectivity index (χ0v) is 14.1. The first-order valence-corrected chi connectivity index (χ1v) is 9.64. The molecule has 2 saturated carbocycles. The van der Waals surface area contributed by atoms with E-state index in [1.54, 1.807) is 0 Å². The van der Waals surface area contributed by atoms with E-state index in [0.29, 0.717) is 11.4 Å². The van der Waals surface area contributed by atoms with Gasteiger partial charge in [-0.2, -0.15) is 0 Å². The van der Waals surface area contributed by atoms with Crippen LogP contribution in [0.1, 0.15) is 44.9 Å². The van der Waals surface area contributed by atoms with E-state index in [1.165, 1.54) is 37.4 Å². The Labute approximate surface area is 141 Å². The molecule has 0 aromatic heterocycles. The van der Waals surface area contributed by atoms with E-state index < -0.39 is 29.9 Å². The van der Waals surface area contributed by atoms with Gasteiger partial charge in [-0.3, -0.25) is 0 Å². The average molecular weight is 348 g/mol. The van der Waals surface area contributed by atoms with Crippen LogP contribution < -0.4 is 0 Å². The zero-order chi connectivity index (χ0) is 16.4. The van der Waals surface area contributed by atoms with Crippen molar-refractivity contribution in [3.05, 3.63) is 0 Å². The van der Waals surface area contributed by atoms with E-state index in [0.717, 1.165) is 19.3 Å². The van der Waals surface area contributed by atoms with Crippen LogP contribution in [-0.4, -0.2) is 74.3 Å². The van der Waals surface area contributed by atoms with Crippen molar-refractivity contribution in [3.8, 4) is 0 Å². The molecule has 4 N–H and O–H groups in total. The maximum Gasteiger partial charge on any atom is 0.132 e. The van der Waals surface area contributed by atoms with Gasteiger partial charge in [-0.05, 0) is 32.1 Å². The second-order valence-corrected chi connectivity index (χ2v) is 8.34. The minimum absolute atomic E-state index is 0.278. The number of hydrogen-bond donors (Lipinski definition) is 4. The van der Waals surface area contributed by atoms with E-state index in [-0.39, 0.29) is 12.7 Å². The van der Waals surface area contributed by atoms with Gasteiger partial charge in [-0.25, -0.2) is 0 Å². The van der Waals surface area contributed by atoms with Crippen LogP contribution in [-0.2, 0) is 9.47 Å². The first-order chi connectivity index (χ1) is 11.1. The Kier molecular flexibility index (Phi) is 6.23. The molecule has 3 rings (SSSR count). The number of aliphatic hydroxyl groups is 4. The molecule has 23 heavy (non-hydrogen) atoms. The average Bonchev–Trinajstić information content (AvgIpc) is 3.20. The Bertz CT molecular complexity index is 376. The summed E-state index contributed by atoms with van der Waals surface area (Å²) in [6.07, 6.45) is 3.96. The summed E-state index contributed by atoms with van der Waals surface area (Å²) in [4.78, 5) is 0. The Morgan fingerprint density at radius 3 is 2.35 bits per heavy atom. The normalized spacial score (nSPS) is 45.7. The molecule has 0 aromatic carbocycles. The van der Waals surface area contributed by atoms with Crippen LogP contribution in [0.5, 0.6) is 0 Å². The van der Waals surface area contributed by atoms with Gasteiger partial charge in [-0.1, -0.05) is 12.8 Å². The van der Waals surface area contributed by atoms with Crippen LogP contribution in [0.4, 0.5) is 0 Å².